The van der Waals surface area contributed by atoms with Crippen molar-refractivity contribution in [2.75, 3.05) is 0 Å². The van der Waals surface area contributed by atoms with Gasteiger partial charge in [0.1, 0.15) is 22.7 Å². The van der Waals surface area contributed by atoms with E-state index in [1.54, 1.807) is 50.5 Å². The van der Waals surface area contributed by atoms with E-state index in [9.17, 15) is 14.0 Å². The maximum atomic E-state index is 14.4. The van der Waals surface area contributed by atoms with Gasteiger partial charge < -0.3 is 9.30 Å². The van der Waals surface area contributed by atoms with Gasteiger partial charge in [-0.25, -0.2) is 14.2 Å². The number of benzene rings is 1. The number of ether oxygens (including phenoxy) is 1. The first-order valence-corrected chi connectivity index (χ1v) is 8.49. The fourth-order valence-electron chi connectivity index (χ4n) is 3.02. The summed E-state index contributed by atoms with van der Waals surface area (Å²) >= 11 is 0. The summed E-state index contributed by atoms with van der Waals surface area (Å²) in [6, 6.07) is 6.28. The van der Waals surface area contributed by atoms with Gasteiger partial charge in [0, 0.05) is 5.56 Å². The molecule has 0 aliphatic carbocycles. The molecule has 1 unspecified atom stereocenters. The van der Waals surface area contributed by atoms with E-state index in [2.05, 4.69) is 15.3 Å². The molecule has 1 aromatic heterocycles. The Morgan fingerprint density at radius 1 is 1.37 bits per heavy atom. The summed E-state index contributed by atoms with van der Waals surface area (Å²) in [4.78, 5) is 32.3. The summed E-state index contributed by atoms with van der Waals surface area (Å²) < 4.78 is 21.3. The van der Waals surface area contributed by atoms with Gasteiger partial charge in [0.15, 0.2) is 17.9 Å². The van der Waals surface area contributed by atoms with Crippen LogP contribution in [-0.2, 0) is 16.8 Å². The first-order valence-electron chi connectivity index (χ1n) is 8.49. The molecule has 142 valence electrons. The zero-order valence-electron chi connectivity index (χ0n) is 15.6. The summed E-state index contributed by atoms with van der Waals surface area (Å²) in [5.74, 6) is -0.0793. The van der Waals surface area contributed by atoms with E-state index in [1.807, 2.05) is 0 Å². The van der Waals surface area contributed by atoms with E-state index >= 15 is 0 Å². The molecule has 2 aromatic rings. The number of hydrogen-bond donors (Lipinski definition) is 1. The second-order valence-corrected chi connectivity index (χ2v) is 7.55. The molecular formula is C19H21FN4O3. The Balaban J connectivity index is 2.06. The van der Waals surface area contributed by atoms with Gasteiger partial charge in [-0.05, 0) is 33.8 Å². The molecule has 0 saturated heterocycles. The predicted molar refractivity (Wildman–Crippen MR) is 97.3 cm³/mol. The van der Waals surface area contributed by atoms with Crippen LogP contribution in [0.1, 0.15) is 49.6 Å². The Morgan fingerprint density at radius 2 is 2.07 bits per heavy atom. The first-order chi connectivity index (χ1) is 12.6. The molecule has 1 amide bonds. The number of aldehydes is 1. The standard InChI is InChI=1S/C19H21FN4O3/c1-18(2,3)27-17(26)22-16-14-9-21-15(10-25)24(14)11-19(4,23-16)12-7-5-6-8-13(12)20/h5-10H,11H2,1-4H3,(H,22,23,26). The Bertz CT molecular complexity index is 929. The number of fused-ring (bicyclic) bond motifs is 1. The highest BCUT2D eigenvalue weighted by Gasteiger charge is 2.37. The summed E-state index contributed by atoms with van der Waals surface area (Å²) in [6.45, 7) is 7.17. The van der Waals surface area contributed by atoms with Crippen LogP contribution in [0, 0.1) is 5.82 Å². The number of rotatable bonds is 2. The van der Waals surface area contributed by atoms with E-state index in [1.165, 1.54) is 12.3 Å². The second-order valence-electron chi connectivity index (χ2n) is 7.55. The number of amides is 1. The van der Waals surface area contributed by atoms with E-state index in [0.717, 1.165) is 0 Å². The van der Waals surface area contributed by atoms with Gasteiger partial charge >= 0.3 is 6.09 Å². The lowest BCUT2D eigenvalue weighted by Gasteiger charge is -2.33. The predicted octanol–water partition coefficient (Wildman–Crippen LogP) is 3.04. The summed E-state index contributed by atoms with van der Waals surface area (Å²) in [5, 5.41) is 2.60. The smallest absolute Gasteiger partial charge is 0.413 e. The number of imidazole rings is 1. The number of alkyl carbamates (subject to hydrolysis) is 1. The van der Waals surface area contributed by atoms with Crippen molar-refractivity contribution in [3.63, 3.8) is 0 Å². The minimum absolute atomic E-state index is 0.168. The zero-order valence-corrected chi connectivity index (χ0v) is 15.6. The molecule has 3 rings (SSSR count). The minimum Gasteiger partial charge on any atom is -0.444 e. The molecule has 0 fully saturated rings. The first kappa shape index (κ1) is 18.8. The largest absolute Gasteiger partial charge is 0.444 e. The number of aromatic nitrogens is 2. The third kappa shape index (κ3) is 3.74. The minimum atomic E-state index is -1.04. The molecule has 0 radical (unpaired) electrons. The van der Waals surface area contributed by atoms with Crippen molar-refractivity contribution in [1.82, 2.24) is 14.9 Å². The summed E-state index contributed by atoms with van der Waals surface area (Å²) in [6.07, 6.45) is 1.36. The lowest BCUT2D eigenvalue weighted by atomic mass is 9.90. The van der Waals surface area contributed by atoms with Crippen LogP contribution < -0.4 is 5.32 Å². The number of nitrogens with one attached hydrogen (secondary N) is 1. The van der Waals surface area contributed by atoms with E-state index < -0.39 is 23.1 Å². The lowest BCUT2D eigenvalue weighted by molar-refractivity contribution is 0.0562. The Kier molecular flexibility index (Phi) is 4.59. The van der Waals surface area contributed by atoms with Crippen molar-refractivity contribution >= 4 is 18.2 Å². The Morgan fingerprint density at radius 3 is 2.70 bits per heavy atom. The van der Waals surface area contributed by atoms with Crippen LogP contribution in [0.15, 0.2) is 35.5 Å². The number of aliphatic imine (C=N–C) groups is 1. The van der Waals surface area contributed by atoms with Crippen LogP contribution in [0.25, 0.3) is 0 Å². The van der Waals surface area contributed by atoms with E-state index in [0.29, 0.717) is 17.5 Å². The number of amidine groups is 1. The molecule has 1 atom stereocenters. The van der Waals surface area contributed by atoms with Gasteiger partial charge in [-0.1, -0.05) is 18.2 Å². The summed E-state index contributed by atoms with van der Waals surface area (Å²) in [7, 11) is 0. The SMILES string of the molecule is CC(C)(C)OC(=O)NC1=NC(C)(c2ccccc2F)Cn2c1cnc2C=O. The third-order valence-corrected chi connectivity index (χ3v) is 4.13. The molecule has 1 N–H and O–H groups in total. The quantitative estimate of drug-likeness (QED) is 0.821. The maximum Gasteiger partial charge on any atom is 0.413 e. The molecular weight excluding hydrogens is 351 g/mol. The van der Waals surface area contributed by atoms with Crippen LogP contribution in [-0.4, -0.2) is 33.4 Å². The molecule has 0 bridgehead atoms. The Labute approximate surface area is 156 Å². The van der Waals surface area contributed by atoms with Crippen LogP contribution in [0.2, 0.25) is 0 Å². The van der Waals surface area contributed by atoms with Crippen LogP contribution in [0.4, 0.5) is 9.18 Å². The van der Waals surface area contributed by atoms with Crippen molar-refractivity contribution in [1.29, 1.82) is 0 Å². The monoisotopic (exact) mass is 372 g/mol. The third-order valence-electron chi connectivity index (χ3n) is 4.13. The zero-order chi connectivity index (χ0) is 19.8. The van der Waals surface area contributed by atoms with E-state index in [-0.39, 0.29) is 18.2 Å². The number of carbonyl (C=O) groups is 2. The van der Waals surface area contributed by atoms with Gasteiger partial charge in [0.2, 0.25) is 0 Å². The number of carbonyl (C=O) groups excluding carboxylic acids is 2. The fraction of sp³-hybridized carbons (Fsp3) is 0.368. The summed E-state index contributed by atoms with van der Waals surface area (Å²) in [5.41, 5.74) is -0.926. The maximum absolute atomic E-state index is 14.4. The fourth-order valence-corrected chi connectivity index (χ4v) is 3.02. The highest BCUT2D eigenvalue weighted by molar-refractivity contribution is 6.06. The molecule has 8 heteroatoms. The average Bonchev–Trinajstić information content (AvgIpc) is 2.96. The van der Waals surface area contributed by atoms with Gasteiger partial charge in [0.05, 0.1) is 12.7 Å². The normalized spacial score (nSPS) is 19.1. The number of nitrogens with zero attached hydrogens (tertiary/aromatic N) is 3. The van der Waals surface area contributed by atoms with Crippen LogP contribution >= 0.6 is 0 Å². The molecule has 0 spiro atoms. The molecule has 27 heavy (non-hydrogen) atoms. The van der Waals surface area contributed by atoms with Crippen LogP contribution in [0.3, 0.4) is 0 Å². The molecule has 0 saturated carbocycles. The second kappa shape index (κ2) is 6.61. The topological polar surface area (TPSA) is 85.6 Å². The van der Waals surface area contributed by atoms with Crippen molar-refractivity contribution in [3.05, 3.63) is 53.4 Å². The van der Waals surface area contributed by atoms with Gasteiger partial charge in [-0.15, -0.1) is 0 Å². The lowest BCUT2D eigenvalue weighted by Crippen LogP contribution is -2.43. The van der Waals surface area contributed by atoms with Gasteiger partial charge in [0.25, 0.3) is 0 Å². The van der Waals surface area contributed by atoms with Crippen molar-refractivity contribution in [3.8, 4) is 0 Å². The van der Waals surface area contributed by atoms with Crippen molar-refractivity contribution < 1.29 is 18.7 Å². The molecule has 2 heterocycles. The van der Waals surface area contributed by atoms with Crippen LogP contribution in [0.5, 0.6) is 0 Å². The molecule has 1 aromatic carbocycles. The molecule has 1 aliphatic rings. The molecule has 7 nitrogen and oxygen atoms in total. The Hall–Kier alpha value is -3.03. The van der Waals surface area contributed by atoms with Crippen molar-refractivity contribution in [2.24, 2.45) is 4.99 Å². The van der Waals surface area contributed by atoms with E-state index in [4.69, 9.17) is 4.74 Å². The van der Waals surface area contributed by atoms with Gasteiger partial charge in [-0.2, -0.15) is 0 Å². The number of halogens is 1. The highest BCUT2D eigenvalue weighted by atomic mass is 19.1. The number of hydrogen-bond acceptors (Lipinski definition) is 5. The highest BCUT2D eigenvalue weighted by Crippen LogP contribution is 2.34. The molecule has 1 aliphatic heterocycles. The van der Waals surface area contributed by atoms with Crippen molar-refractivity contribution in [2.45, 2.75) is 45.4 Å². The average molecular weight is 372 g/mol. The van der Waals surface area contributed by atoms with Gasteiger partial charge in [-0.3, -0.25) is 15.1 Å².